The van der Waals surface area contributed by atoms with E-state index in [0.717, 1.165) is 6.42 Å². The van der Waals surface area contributed by atoms with Crippen LogP contribution in [0.5, 0.6) is 0 Å². The summed E-state index contributed by atoms with van der Waals surface area (Å²) in [4.78, 5) is 12.5. The van der Waals surface area contributed by atoms with Crippen molar-refractivity contribution in [3.05, 3.63) is 33.8 Å². The van der Waals surface area contributed by atoms with Crippen LogP contribution >= 0.6 is 23.2 Å². The molecule has 1 heterocycles. The Hall–Kier alpha value is -1.08. The molecule has 100 valence electrons. The fraction of sp³-hybridized carbons (Fsp3) is 0.429. The first-order valence-corrected chi connectivity index (χ1v) is 6.76. The fourth-order valence-electron chi connectivity index (χ4n) is 2.26. The first-order valence-electron chi connectivity index (χ1n) is 6.01. The van der Waals surface area contributed by atoms with Crippen LogP contribution in [0.3, 0.4) is 0 Å². The minimum absolute atomic E-state index is 0.217. The quantitative estimate of drug-likeness (QED) is 0.854. The van der Waals surface area contributed by atoms with E-state index in [1.165, 1.54) is 0 Å². The van der Waals surface area contributed by atoms with Crippen LogP contribution < -0.4 is 0 Å². The van der Waals surface area contributed by atoms with E-state index in [-0.39, 0.29) is 5.78 Å². The van der Waals surface area contributed by atoms with Crippen LogP contribution in [0.1, 0.15) is 31.2 Å². The highest BCUT2D eigenvalue weighted by atomic mass is 35.5. The maximum Gasteiger partial charge on any atom is 0.185 e. The molecule has 0 bridgehead atoms. The minimum atomic E-state index is -0.877. The molecule has 0 N–H and O–H groups in total. The Bertz CT molecular complexity index is 545. The number of hydrogen-bond acceptors (Lipinski definition) is 3. The molecule has 19 heavy (non-hydrogen) atoms. The Morgan fingerprint density at radius 2 is 2.21 bits per heavy atom. The van der Waals surface area contributed by atoms with E-state index < -0.39 is 11.5 Å². The molecule has 1 aliphatic heterocycles. The van der Waals surface area contributed by atoms with Gasteiger partial charge in [-0.15, -0.1) is 0 Å². The van der Waals surface area contributed by atoms with Crippen molar-refractivity contribution < 1.29 is 9.53 Å². The number of hydrogen-bond donors (Lipinski definition) is 0. The summed E-state index contributed by atoms with van der Waals surface area (Å²) in [7, 11) is 0. The zero-order chi connectivity index (χ0) is 14.0. The molecule has 1 aliphatic rings. The summed E-state index contributed by atoms with van der Waals surface area (Å²) >= 11 is 11.8. The summed E-state index contributed by atoms with van der Waals surface area (Å²) in [6, 6.07) is 6.84. The zero-order valence-corrected chi connectivity index (χ0v) is 12.0. The molecule has 1 saturated heterocycles. The SMILES string of the molecule is CC1(C(=O)C(C#N)c2ccc(Cl)c(Cl)c2)CCCO1. The fourth-order valence-corrected chi connectivity index (χ4v) is 2.56. The molecule has 0 spiro atoms. The van der Waals surface area contributed by atoms with Crippen LogP contribution in [0, 0.1) is 11.3 Å². The highest BCUT2D eigenvalue weighted by Crippen LogP contribution is 2.34. The Morgan fingerprint density at radius 1 is 1.47 bits per heavy atom. The van der Waals surface area contributed by atoms with Crippen molar-refractivity contribution in [2.75, 3.05) is 6.61 Å². The van der Waals surface area contributed by atoms with Crippen molar-refractivity contribution in [2.24, 2.45) is 0 Å². The molecule has 3 nitrogen and oxygen atoms in total. The van der Waals surface area contributed by atoms with Gasteiger partial charge in [-0.05, 0) is 37.5 Å². The van der Waals surface area contributed by atoms with Crippen LogP contribution in [0.15, 0.2) is 18.2 Å². The molecule has 1 aromatic carbocycles. The number of carbonyl (C=O) groups excluding carboxylic acids is 1. The third kappa shape index (κ3) is 2.76. The van der Waals surface area contributed by atoms with Crippen LogP contribution in [0.4, 0.5) is 0 Å². The van der Waals surface area contributed by atoms with E-state index in [4.69, 9.17) is 27.9 Å². The second-order valence-electron chi connectivity index (χ2n) is 4.78. The smallest absolute Gasteiger partial charge is 0.185 e. The summed E-state index contributed by atoms with van der Waals surface area (Å²) in [5.41, 5.74) is -0.314. The van der Waals surface area contributed by atoms with Gasteiger partial charge < -0.3 is 4.74 Å². The molecule has 0 aromatic heterocycles. The lowest BCUT2D eigenvalue weighted by Crippen LogP contribution is -2.37. The van der Waals surface area contributed by atoms with Crippen LogP contribution in [0.2, 0.25) is 10.0 Å². The summed E-state index contributed by atoms with van der Waals surface area (Å²) in [5, 5.41) is 10.0. The van der Waals surface area contributed by atoms with Gasteiger partial charge in [0.15, 0.2) is 5.78 Å². The van der Waals surface area contributed by atoms with Crippen LogP contribution in [0.25, 0.3) is 0 Å². The molecule has 2 unspecified atom stereocenters. The molecule has 0 radical (unpaired) electrons. The second kappa shape index (κ2) is 5.50. The molecule has 1 fully saturated rings. The zero-order valence-electron chi connectivity index (χ0n) is 10.5. The van der Waals surface area contributed by atoms with E-state index in [1.54, 1.807) is 25.1 Å². The lowest BCUT2D eigenvalue weighted by Gasteiger charge is -2.24. The van der Waals surface area contributed by atoms with Crippen LogP contribution in [-0.2, 0) is 9.53 Å². The number of nitriles is 1. The average molecular weight is 298 g/mol. The van der Waals surface area contributed by atoms with Gasteiger partial charge in [-0.25, -0.2) is 0 Å². The number of carbonyl (C=O) groups is 1. The standard InChI is InChI=1S/C14H13Cl2NO2/c1-14(5-2-6-19-14)13(18)10(8-17)9-3-4-11(15)12(16)7-9/h3-4,7,10H,2,5-6H2,1H3. The Morgan fingerprint density at radius 3 is 2.74 bits per heavy atom. The molecular formula is C14H13Cl2NO2. The van der Waals surface area contributed by atoms with Crippen molar-refractivity contribution in [2.45, 2.75) is 31.3 Å². The highest BCUT2D eigenvalue weighted by Gasteiger charge is 2.42. The van der Waals surface area contributed by atoms with Crippen LogP contribution in [-0.4, -0.2) is 18.0 Å². The summed E-state index contributed by atoms with van der Waals surface area (Å²) in [6.45, 7) is 2.30. The second-order valence-corrected chi connectivity index (χ2v) is 5.60. The summed E-state index contributed by atoms with van der Waals surface area (Å²) < 4.78 is 5.50. The maximum absolute atomic E-state index is 12.5. The third-order valence-corrected chi connectivity index (χ3v) is 4.15. The first-order chi connectivity index (χ1) is 8.98. The summed E-state index contributed by atoms with van der Waals surface area (Å²) in [6.07, 6.45) is 1.48. The van der Waals surface area contributed by atoms with Gasteiger partial charge in [0.25, 0.3) is 0 Å². The van der Waals surface area contributed by atoms with Crippen molar-refractivity contribution in [3.8, 4) is 6.07 Å². The monoisotopic (exact) mass is 297 g/mol. The van der Waals surface area contributed by atoms with Gasteiger partial charge in [0.2, 0.25) is 0 Å². The van der Waals surface area contributed by atoms with Crippen molar-refractivity contribution >= 4 is 29.0 Å². The molecule has 5 heteroatoms. The number of halogens is 2. The predicted octanol–water partition coefficient (Wildman–Crippen LogP) is 3.74. The number of rotatable bonds is 3. The van der Waals surface area contributed by atoms with Crippen molar-refractivity contribution in [1.82, 2.24) is 0 Å². The largest absolute Gasteiger partial charge is 0.367 e. The van der Waals surface area contributed by atoms with Gasteiger partial charge in [0.05, 0.1) is 16.1 Å². The third-order valence-electron chi connectivity index (χ3n) is 3.41. The molecule has 0 amide bonds. The molecule has 0 saturated carbocycles. The van der Waals surface area contributed by atoms with Gasteiger partial charge >= 0.3 is 0 Å². The van der Waals surface area contributed by atoms with Gasteiger partial charge in [-0.1, -0.05) is 29.3 Å². The maximum atomic E-state index is 12.5. The molecule has 0 aliphatic carbocycles. The molecule has 2 atom stereocenters. The average Bonchev–Trinajstić information content (AvgIpc) is 2.83. The van der Waals surface area contributed by atoms with Gasteiger partial charge in [0.1, 0.15) is 11.5 Å². The Balaban J connectivity index is 2.32. The van der Waals surface area contributed by atoms with Gasteiger partial charge in [-0.2, -0.15) is 5.26 Å². The topological polar surface area (TPSA) is 50.1 Å². The van der Waals surface area contributed by atoms with Crippen molar-refractivity contribution in [1.29, 1.82) is 5.26 Å². The molecule has 2 rings (SSSR count). The van der Waals surface area contributed by atoms with E-state index in [9.17, 15) is 10.1 Å². The summed E-state index contributed by atoms with van der Waals surface area (Å²) in [5.74, 6) is -1.09. The molecular weight excluding hydrogens is 285 g/mol. The minimum Gasteiger partial charge on any atom is -0.367 e. The lowest BCUT2D eigenvalue weighted by atomic mass is 9.85. The highest BCUT2D eigenvalue weighted by molar-refractivity contribution is 6.42. The van der Waals surface area contributed by atoms with Crippen molar-refractivity contribution in [3.63, 3.8) is 0 Å². The normalized spacial score (nSPS) is 23.9. The van der Waals surface area contributed by atoms with Gasteiger partial charge in [0, 0.05) is 6.61 Å². The number of benzene rings is 1. The van der Waals surface area contributed by atoms with E-state index >= 15 is 0 Å². The predicted molar refractivity (Wildman–Crippen MR) is 73.4 cm³/mol. The van der Waals surface area contributed by atoms with E-state index in [0.29, 0.717) is 28.6 Å². The molecule has 1 aromatic rings. The van der Waals surface area contributed by atoms with E-state index in [2.05, 4.69) is 0 Å². The number of ether oxygens (including phenoxy) is 1. The van der Waals surface area contributed by atoms with E-state index in [1.807, 2.05) is 6.07 Å². The Kier molecular flexibility index (Phi) is 4.15. The number of Topliss-reactive ketones (excluding diaryl/α,β-unsaturated/α-hetero) is 1. The number of ketones is 1. The Labute approximate surface area is 122 Å². The van der Waals surface area contributed by atoms with Gasteiger partial charge in [-0.3, -0.25) is 4.79 Å². The first kappa shape index (κ1) is 14.3. The lowest BCUT2D eigenvalue weighted by molar-refractivity contribution is -0.137. The number of nitrogens with zero attached hydrogens (tertiary/aromatic N) is 1.